The first-order chi connectivity index (χ1) is 11.9. The predicted octanol–water partition coefficient (Wildman–Crippen LogP) is 2.14. The highest BCUT2D eigenvalue weighted by atomic mass is 19.1. The second kappa shape index (κ2) is 5.73. The Bertz CT molecular complexity index is 851. The first kappa shape index (κ1) is 16.4. The zero-order valence-corrected chi connectivity index (χ0v) is 14.8. The van der Waals surface area contributed by atoms with Crippen molar-refractivity contribution in [3.05, 3.63) is 28.7 Å². The van der Waals surface area contributed by atoms with Gasteiger partial charge in [-0.2, -0.15) is 0 Å². The number of halogens is 1. The lowest BCUT2D eigenvalue weighted by atomic mass is 9.86. The fraction of sp³-hybridized carbons (Fsp3) is 0.526. The minimum absolute atomic E-state index is 0.0426. The lowest BCUT2D eigenvalue weighted by molar-refractivity contribution is -0.117. The first-order valence-corrected chi connectivity index (χ1v) is 8.94. The van der Waals surface area contributed by atoms with Crippen LogP contribution in [0.25, 0.3) is 10.9 Å². The van der Waals surface area contributed by atoms with E-state index in [1.54, 1.807) is 0 Å². The smallest absolute Gasteiger partial charge is 0.221 e. The average molecular weight is 344 g/mol. The second-order valence-electron chi connectivity index (χ2n) is 7.73. The van der Waals surface area contributed by atoms with E-state index in [4.69, 9.17) is 5.73 Å². The maximum Gasteiger partial charge on any atom is 0.221 e. The third-order valence-electron chi connectivity index (χ3n) is 6.04. The van der Waals surface area contributed by atoms with Crippen LogP contribution in [-0.4, -0.2) is 37.1 Å². The summed E-state index contributed by atoms with van der Waals surface area (Å²) in [6.45, 7) is 7.80. The van der Waals surface area contributed by atoms with E-state index in [-0.39, 0.29) is 17.7 Å². The fourth-order valence-corrected chi connectivity index (χ4v) is 4.57. The number of carbonyl (C=O) groups excluding carboxylic acids is 1. The number of H-pyrrole nitrogens is 1. The number of hydrogen-bond acceptors (Lipinski definition) is 3. The molecule has 6 heteroatoms. The summed E-state index contributed by atoms with van der Waals surface area (Å²) in [7, 11) is 0. The third kappa shape index (κ3) is 2.59. The lowest BCUT2D eigenvalue weighted by Crippen LogP contribution is -2.29. The van der Waals surface area contributed by atoms with Gasteiger partial charge < -0.3 is 20.9 Å². The summed E-state index contributed by atoms with van der Waals surface area (Å²) in [6, 6.07) is 1.48. The standard InChI is InChI=1S/C19H25FN4O/c1-11-12(2)23-17-13(8-15(21)25)7-14(20)18(16(11)17)24-6-4-19(10-24)3-5-22-9-19/h7,22-23H,3-6,8-10H2,1-2H3,(H2,21,25). The topological polar surface area (TPSA) is 74.2 Å². The molecule has 1 aromatic heterocycles. The highest BCUT2D eigenvalue weighted by Gasteiger charge is 2.41. The monoisotopic (exact) mass is 344 g/mol. The maximum absolute atomic E-state index is 15.1. The molecule has 1 amide bonds. The van der Waals surface area contributed by atoms with Gasteiger partial charge in [0, 0.05) is 36.1 Å². The Morgan fingerprint density at radius 2 is 2.20 bits per heavy atom. The molecule has 134 valence electrons. The lowest BCUT2D eigenvalue weighted by Gasteiger charge is -2.25. The predicted molar refractivity (Wildman–Crippen MR) is 97.4 cm³/mol. The van der Waals surface area contributed by atoms with Crippen LogP contribution in [0.5, 0.6) is 0 Å². The molecule has 0 bridgehead atoms. The van der Waals surface area contributed by atoms with Gasteiger partial charge in [0.25, 0.3) is 0 Å². The molecule has 2 saturated heterocycles. The van der Waals surface area contributed by atoms with E-state index in [2.05, 4.69) is 15.2 Å². The summed E-state index contributed by atoms with van der Waals surface area (Å²) in [5.41, 5.74) is 9.82. The van der Waals surface area contributed by atoms with E-state index >= 15 is 4.39 Å². The summed E-state index contributed by atoms with van der Waals surface area (Å²) < 4.78 is 15.1. The normalized spacial score (nSPS) is 23.2. The SMILES string of the molecule is Cc1[nH]c2c(CC(N)=O)cc(F)c(N3CCC4(CCNC4)C3)c2c1C. The van der Waals surface area contributed by atoms with Crippen molar-refractivity contribution in [1.29, 1.82) is 0 Å². The number of hydrogen-bond donors (Lipinski definition) is 3. The first-order valence-electron chi connectivity index (χ1n) is 8.94. The number of anilines is 1. The van der Waals surface area contributed by atoms with Crippen LogP contribution in [0.3, 0.4) is 0 Å². The van der Waals surface area contributed by atoms with Gasteiger partial charge in [0.2, 0.25) is 5.91 Å². The van der Waals surface area contributed by atoms with Gasteiger partial charge in [0.05, 0.1) is 17.6 Å². The highest BCUT2D eigenvalue weighted by Crippen LogP contribution is 2.43. The van der Waals surface area contributed by atoms with Crippen molar-refractivity contribution >= 4 is 22.5 Å². The number of aromatic amines is 1. The van der Waals surface area contributed by atoms with Crippen LogP contribution in [0, 0.1) is 25.1 Å². The summed E-state index contributed by atoms with van der Waals surface area (Å²) in [6.07, 6.45) is 2.28. The number of amides is 1. The molecular formula is C19H25FN4O. The van der Waals surface area contributed by atoms with Gasteiger partial charge >= 0.3 is 0 Å². The molecule has 4 N–H and O–H groups in total. The Balaban J connectivity index is 1.84. The van der Waals surface area contributed by atoms with Crippen molar-refractivity contribution in [2.75, 3.05) is 31.1 Å². The molecule has 2 aliphatic rings. The molecule has 3 heterocycles. The number of nitrogens with two attached hydrogens (primary N) is 1. The number of carbonyl (C=O) groups is 1. The zero-order chi connectivity index (χ0) is 17.8. The van der Waals surface area contributed by atoms with Gasteiger partial charge in [0.1, 0.15) is 5.82 Å². The molecule has 1 unspecified atom stereocenters. The zero-order valence-electron chi connectivity index (χ0n) is 14.8. The van der Waals surface area contributed by atoms with Crippen molar-refractivity contribution < 1.29 is 9.18 Å². The van der Waals surface area contributed by atoms with Gasteiger partial charge in [-0.25, -0.2) is 4.39 Å². The van der Waals surface area contributed by atoms with Crippen LogP contribution < -0.4 is 16.0 Å². The van der Waals surface area contributed by atoms with Crippen molar-refractivity contribution in [1.82, 2.24) is 10.3 Å². The molecule has 0 aliphatic carbocycles. The molecule has 2 fully saturated rings. The van der Waals surface area contributed by atoms with Crippen molar-refractivity contribution in [2.45, 2.75) is 33.1 Å². The number of nitrogens with one attached hydrogen (secondary N) is 2. The van der Waals surface area contributed by atoms with Crippen molar-refractivity contribution in [2.24, 2.45) is 11.1 Å². The summed E-state index contributed by atoms with van der Waals surface area (Å²) in [4.78, 5) is 16.9. The van der Waals surface area contributed by atoms with Crippen LogP contribution in [-0.2, 0) is 11.2 Å². The third-order valence-corrected chi connectivity index (χ3v) is 6.04. The molecule has 0 radical (unpaired) electrons. The molecule has 25 heavy (non-hydrogen) atoms. The van der Waals surface area contributed by atoms with Crippen molar-refractivity contribution in [3.63, 3.8) is 0 Å². The Kier molecular flexibility index (Phi) is 3.76. The number of benzene rings is 1. The minimum Gasteiger partial charge on any atom is -0.369 e. The summed E-state index contributed by atoms with van der Waals surface area (Å²) in [5.74, 6) is -0.704. The van der Waals surface area contributed by atoms with Crippen molar-refractivity contribution in [3.8, 4) is 0 Å². The van der Waals surface area contributed by atoms with E-state index in [9.17, 15) is 4.79 Å². The number of nitrogens with zero attached hydrogens (tertiary/aromatic N) is 1. The fourth-order valence-electron chi connectivity index (χ4n) is 4.57. The van der Waals surface area contributed by atoms with E-state index in [1.165, 1.54) is 6.07 Å². The van der Waals surface area contributed by atoms with E-state index in [1.807, 2.05) is 13.8 Å². The van der Waals surface area contributed by atoms with Crippen LogP contribution in [0.2, 0.25) is 0 Å². The summed E-state index contributed by atoms with van der Waals surface area (Å²) in [5, 5.41) is 4.35. The van der Waals surface area contributed by atoms with Gasteiger partial charge in [-0.1, -0.05) is 0 Å². The average Bonchev–Trinajstić information content (AvgIpc) is 3.24. The Hall–Kier alpha value is -2.08. The van der Waals surface area contributed by atoms with Gasteiger partial charge in [-0.15, -0.1) is 0 Å². The maximum atomic E-state index is 15.1. The Labute approximate surface area is 146 Å². The number of rotatable bonds is 3. The van der Waals surface area contributed by atoms with Crippen LogP contribution in [0.4, 0.5) is 10.1 Å². The molecule has 1 spiro atoms. The number of aryl methyl sites for hydroxylation is 2. The quantitative estimate of drug-likeness (QED) is 0.799. The molecule has 4 rings (SSSR count). The number of primary amides is 1. The van der Waals surface area contributed by atoms with E-state index < -0.39 is 5.91 Å². The molecular weight excluding hydrogens is 319 g/mol. The van der Waals surface area contributed by atoms with Gasteiger partial charge in [-0.3, -0.25) is 4.79 Å². The highest BCUT2D eigenvalue weighted by molar-refractivity contribution is 6.00. The van der Waals surface area contributed by atoms with Crippen LogP contribution >= 0.6 is 0 Å². The number of fused-ring (bicyclic) bond motifs is 1. The van der Waals surface area contributed by atoms with E-state index in [0.717, 1.165) is 61.2 Å². The Morgan fingerprint density at radius 3 is 2.88 bits per heavy atom. The molecule has 5 nitrogen and oxygen atoms in total. The second-order valence-corrected chi connectivity index (χ2v) is 7.73. The number of aromatic nitrogens is 1. The largest absolute Gasteiger partial charge is 0.369 e. The molecule has 1 aromatic carbocycles. The van der Waals surface area contributed by atoms with Crippen LogP contribution in [0.1, 0.15) is 29.7 Å². The van der Waals surface area contributed by atoms with Gasteiger partial charge in [-0.05, 0) is 50.4 Å². The molecule has 2 aliphatic heterocycles. The molecule has 1 atom stereocenters. The summed E-state index contributed by atoms with van der Waals surface area (Å²) >= 11 is 0. The molecule has 0 saturated carbocycles. The molecule has 2 aromatic rings. The van der Waals surface area contributed by atoms with E-state index in [0.29, 0.717) is 11.3 Å². The van der Waals surface area contributed by atoms with Gasteiger partial charge in [0.15, 0.2) is 0 Å². The Morgan fingerprint density at radius 1 is 1.40 bits per heavy atom. The minimum atomic E-state index is -0.449. The van der Waals surface area contributed by atoms with Crippen LogP contribution in [0.15, 0.2) is 6.07 Å².